The predicted octanol–water partition coefficient (Wildman–Crippen LogP) is 4.60. The van der Waals surface area contributed by atoms with Crippen LogP contribution >= 0.6 is 11.8 Å². The number of nitrogens with one attached hydrogen (secondary N) is 1. The Bertz CT molecular complexity index is 825. The van der Waals surface area contributed by atoms with Crippen LogP contribution in [-0.2, 0) is 9.59 Å². The summed E-state index contributed by atoms with van der Waals surface area (Å²) >= 11 is 1.58. The van der Waals surface area contributed by atoms with Crippen LogP contribution in [0.1, 0.15) is 37.6 Å². The summed E-state index contributed by atoms with van der Waals surface area (Å²) in [6, 6.07) is 15.3. The largest absolute Gasteiger partial charge is 0.492 e. The number of carbonyl (C=O) groups excluding carboxylic acids is 2. The molecule has 1 aliphatic rings. The molecule has 0 aromatic heterocycles. The number of nitrogens with zero attached hydrogens (tertiary/aromatic N) is 1. The van der Waals surface area contributed by atoms with E-state index in [0.717, 1.165) is 23.4 Å². The van der Waals surface area contributed by atoms with E-state index in [-0.39, 0.29) is 17.2 Å². The number of hydrogen-bond acceptors (Lipinski definition) is 4. The molecule has 2 aromatic rings. The molecule has 0 aliphatic carbocycles. The van der Waals surface area contributed by atoms with Gasteiger partial charge in [0.2, 0.25) is 11.8 Å². The van der Waals surface area contributed by atoms with Crippen molar-refractivity contribution in [2.45, 2.75) is 32.1 Å². The van der Waals surface area contributed by atoms with E-state index in [9.17, 15) is 9.59 Å². The second-order valence-corrected chi connectivity index (χ2v) is 7.32. The fourth-order valence-electron chi connectivity index (χ4n) is 3.09. The van der Waals surface area contributed by atoms with E-state index in [1.807, 2.05) is 62.4 Å². The molecule has 1 atom stereocenters. The van der Waals surface area contributed by atoms with Crippen LogP contribution in [0.5, 0.6) is 5.75 Å². The second-order valence-electron chi connectivity index (χ2n) is 6.25. The molecule has 0 bridgehead atoms. The van der Waals surface area contributed by atoms with Gasteiger partial charge in [-0.2, -0.15) is 0 Å². The number of para-hydroxylation sites is 2. The number of amides is 2. The van der Waals surface area contributed by atoms with E-state index in [4.69, 9.17) is 4.74 Å². The fourth-order valence-corrected chi connectivity index (χ4v) is 4.24. The van der Waals surface area contributed by atoms with Crippen molar-refractivity contribution < 1.29 is 14.3 Å². The molecule has 1 aliphatic heterocycles. The highest BCUT2D eigenvalue weighted by molar-refractivity contribution is 8.00. The topological polar surface area (TPSA) is 58.6 Å². The Hall–Kier alpha value is -2.47. The number of hydrogen-bond donors (Lipinski definition) is 1. The van der Waals surface area contributed by atoms with E-state index in [1.54, 1.807) is 16.7 Å². The van der Waals surface area contributed by atoms with Gasteiger partial charge in [-0.3, -0.25) is 14.5 Å². The molecule has 5 nitrogen and oxygen atoms in total. The van der Waals surface area contributed by atoms with E-state index < -0.39 is 0 Å². The third-order valence-electron chi connectivity index (χ3n) is 4.23. The lowest BCUT2D eigenvalue weighted by molar-refractivity contribution is -0.116. The molecule has 2 amide bonds. The molecular formula is C21H24N2O3S. The van der Waals surface area contributed by atoms with Gasteiger partial charge in [-0.05, 0) is 43.2 Å². The van der Waals surface area contributed by atoms with Gasteiger partial charge in [0.05, 0.1) is 18.0 Å². The lowest BCUT2D eigenvalue weighted by atomic mass is 10.1. The minimum Gasteiger partial charge on any atom is -0.492 e. The van der Waals surface area contributed by atoms with Crippen molar-refractivity contribution in [3.8, 4) is 5.75 Å². The lowest BCUT2D eigenvalue weighted by Gasteiger charge is -2.26. The highest BCUT2D eigenvalue weighted by Crippen LogP contribution is 2.45. The molecule has 0 unspecified atom stereocenters. The van der Waals surface area contributed by atoms with E-state index in [0.29, 0.717) is 24.5 Å². The molecule has 27 heavy (non-hydrogen) atoms. The van der Waals surface area contributed by atoms with Gasteiger partial charge in [0.15, 0.2) is 0 Å². The highest BCUT2D eigenvalue weighted by atomic mass is 32.2. The summed E-state index contributed by atoms with van der Waals surface area (Å²) in [4.78, 5) is 26.3. The van der Waals surface area contributed by atoms with Gasteiger partial charge < -0.3 is 10.1 Å². The molecule has 1 N–H and O–H groups in total. The summed E-state index contributed by atoms with van der Waals surface area (Å²) in [5.74, 6) is 1.17. The van der Waals surface area contributed by atoms with Crippen LogP contribution in [0.25, 0.3) is 0 Å². The van der Waals surface area contributed by atoms with Crippen molar-refractivity contribution in [1.29, 1.82) is 0 Å². The molecule has 1 saturated heterocycles. The quantitative estimate of drug-likeness (QED) is 0.758. The third kappa shape index (κ3) is 4.45. The molecule has 3 rings (SSSR count). The summed E-state index contributed by atoms with van der Waals surface area (Å²) in [5.41, 5.74) is 2.51. The Labute approximate surface area is 164 Å². The van der Waals surface area contributed by atoms with Crippen molar-refractivity contribution in [2.75, 3.05) is 22.6 Å². The molecule has 1 heterocycles. The zero-order chi connectivity index (χ0) is 19.2. The van der Waals surface area contributed by atoms with Crippen LogP contribution < -0.4 is 15.0 Å². The summed E-state index contributed by atoms with van der Waals surface area (Å²) in [5, 5.41) is 2.78. The van der Waals surface area contributed by atoms with Gasteiger partial charge >= 0.3 is 0 Å². The summed E-state index contributed by atoms with van der Waals surface area (Å²) in [6.45, 7) is 4.44. The maximum Gasteiger partial charge on any atom is 0.238 e. The minimum atomic E-state index is -0.151. The molecule has 2 aromatic carbocycles. The van der Waals surface area contributed by atoms with Crippen LogP contribution in [0, 0.1) is 0 Å². The Morgan fingerprint density at radius 1 is 1.22 bits per heavy atom. The standard InChI is InChI=1S/C21H24N2O3S/c1-3-8-19(24)22-16-10-7-9-15(13-16)21-23(20(25)14-27-21)17-11-5-6-12-18(17)26-4-2/h5-7,9-13,21H,3-4,8,14H2,1-2H3,(H,22,24)/t21-/m1/s1. The lowest BCUT2D eigenvalue weighted by Crippen LogP contribution is -2.28. The molecule has 0 radical (unpaired) electrons. The van der Waals surface area contributed by atoms with Crippen LogP contribution in [0.3, 0.4) is 0 Å². The van der Waals surface area contributed by atoms with Gasteiger partial charge in [-0.15, -0.1) is 11.8 Å². The van der Waals surface area contributed by atoms with E-state index in [2.05, 4.69) is 5.32 Å². The number of thioether (sulfide) groups is 1. The number of anilines is 2. The maximum atomic E-state index is 12.6. The zero-order valence-electron chi connectivity index (χ0n) is 15.6. The summed E-state index contributed by atoms with van der Waals surface area (Å²) in [7, 11) is 0. The van der Waals surface area contributed by atoms with Crippen molar-refractivity contribution in [3.63, 3.8) is 0 Å². The first kappa shape index (κ1) is 19.3. The summed E-state index contributed by atoms with van der Waals surface area (Å²) in [6.07, 6.45) is 1.30. The van der Waals surface area contributed by atoms with Gasteiger partial charge in [-0.25, -0.2) is 0 Å². The van der Waals surface area contributed by atoms with Crippen LogP contribution in [0.4, 0.5) is 11.4 Å². The predicted molar refractivity (Wildman–Crippen MR) is 110 cm³/mol. The number of rotatable bonds is 7. The first-order valence-electron chi connectivity index (χ1n) is 9.19. The average Bonchev–Trinajstić information content (AvgIpc) is 3.04. The number of ether oxygens (including phenoxy) is 1. The highest BCUT2D eigenvalue weighted by Gasteiger charge is 2.35. The van der Waals surface area contributed by atoms with E-state index in [1.165, 1.54) is 0 Å². The minimum absolute atomic E-state index is 0.00310. The first-order valence-corrected chi connectivity index (χ1v) is 10.2. The van der Waals surface area contributed by atoms with Gasteiger partial charge in [0, 0.05) is 12.1 Å². The Balaban J connectivity index is 1.90. The van der Waals surface area contributed by atoms with Crippen LogP contribution in [0.2, 0.25) is 0 Å². The van der Waals surface area contributed by atoms with Gasteiger partial charge in [0.1, 0.15) is 11.1 Å². The zero-order valence-corrected chi connectivity index (χ0v) is 16.4. The Morgan fingerprint density at radius 2 is 2.04 bits per heavy atom. The average molecular weight is 385 g/mol. The van der Waals surface area contributed by atoms with Crippen LogP contribution in [0.15, 0.2) is 48.5 Å². The van der Waals surface area contributed by atoms with Gasteiger partial charge in [-0.1, -0.05) is 31.2 Å². The third-order valence-corrected chi connectivity index (χ3v) is 5.44. The number of carbonyl (C=O) groups is 2. The fraction of sp³-hybridized carbons (Fsp3) is 0.333. The van der Waals surface area contributed by atoms with Crippen LogP contribution in [-0.4, -0.2) is 24.2 Å². The van der Waals surface area contributed by atoms with Crippen molar-refractivity contribution >= 4 is 35.0 Å². The van der Waals surface area contributed by atoms with E-state index >= 15 is 0 Å². The Morgan fingerprint density at radius 3 is 2.81 bits per heavy atom. The molecule has 6 heteroatoms. The molecule has 142 valence electrons. The molecule has 0 saturated carbocycles. The molecule has 1 fully saturated rings. The normalized spacial score (nSPS) is 16.4. The maximum absolute atomic E-state index is 12.6. The summed E-state index contributed by atoms with van der Waals surface area (Å²) < 4.78 is 5.73. The molecular weight excluding hydrogens is 360 g/mol. The van der Waals surface area contributed by atoms with Crippen molar-refractivity contribution in [3.05, 3.63) is 54.1 Å². The van der Waals surface area contributed by atoms with Crippen molar-refractivity contribution in [2.24, 2.45) is 0 Å². The molecule has 0 spiro atoms. The smallest absolute Gasteiger partial charge is 0.238 e. The SMILES string of the molecule is CCCC(=O)Nc1cccc([C@H]2SCC(=O)N2c2ccccc2OCC)c1. The Kier molecular flexibility index (Phi) is 6.40. The second kappa shape index (κ2) is 8.95. The first-order chi connectivity index (χ1) is 13.1. The number of benzene rings is 2. The van der Waals surface area contributed by atoms with Crippen molar-refractivity contribution in [1.82, 2.24) is 0 Å². The van der Waals surface area contributed by atoms with Gasteiger partial charge in [0.25, 0.3) is 0 Å². The monoisotopic (exact) mass is 384 g/mol.